The maximum atomic E-state index is 12.1. The molecule has 0 bridgehead atoms. The van der Waals surface area contributed by atoms with Crippen LogP contribution in [0.25, 0.3) is 11.8 Å². The van der Waals surface area contributed by atoms with Crippen molar-refractivity contribution in [1.29, 1.82) is 0 Å². The van der Waals surface area contributed by atoms with Crippen molar-refractivity contribution in [3.05, 3.63) is 58.6 Å². The number of benzene rings is 1. The van der Waals surface area contributed by atoms with E-state index in [1.807, 2.05) is 43.5 Å². The van der Waals surface area contributed by atoms with Gasteiger partial charge in [0.15, 0.2) is 0 Å². The molecule has 0 atom stereocenters. The minimum absolute atomic E-state index is 0.323. The Morgan fingerprint density at radius 1 is 1.37 bits per heavy atom. The number of nitrogens with zero attached hydrogens (tertiary/aromatic N) is 1. The van der Waals surface area contributed by atoms with E-state index in [1.54, 1.807) is 4.90 Å². The monoisotopic (exact) mass is 253 g/mol. The molecule has 0 spiro atoms. The summed E-state index contributed by atoms with van der Waals surface area (Å²) in [4.78, 5) is 13.7. The lowest BCUT2D eigenvalue weighted by Crippen LogP contribution is -2.40. The maximum Gasteiger partial charge on any atom is 0.418 e. The number of carbonyl (C=O) groups is 1. The molecule has 0 unspecified atom stereocenters. The van der Waals surface area contributed by atoms with Gasteiger partial charge in [0.25, 0.3) is 0 Å². The lowest BCUT2D eigenvalue weighted by atomic mass is 9.97. The third kappa shape index (κ3) is 1.97. The fraction of sp³-hybridized carbons (Fsp3) is 0.188. The Kier molecular flexibility index (Phi) is 2.95. The lowest BCUT2D eigenvalue weighted by molar-refractivity contribution is 0.135. The van der Waals surface area contributed by atoms with Crippen LogP contribution < -0.4 is 10.4 Å². The van der Waals surface area contributed by atoms with Gasteiger partial charge < -0.3 is 4.74 Å². The zero-order chi connectivity index (χ0) is 13.2. The van der Waals surface area contributed by atoms with Crippen LogP contribution in [0.15, 0.2) is 48.2 Å². The molecule has 3 nitrogen and oxygen atoms in total. The van der Waals surface area contributed by atoms with Gasteiger partial charge in [0, 0.05) is 6.20 Å². The summed E-state index contributed by atoms with van der Waals surface area (Å²) < 4.78 is 5.12. The quantitative estimate of drug-likeness (QED) is 0.765. The predicted octanol–water partition coefficient (Wildman–Crippen LogP) is 1.89. The molecule has 2 aliphatic rings. The van der Waals surface area contributed by atoms with Crippen molar-refractivity contribution in [1.82, 2.24) is 4.90 Å². The highest BCUT2D eigenvalue weighted by atomic mass is 16.6. The van der Waals surface area contributed by atoms with Crippen molar-refractivity contribution in [2.75, 3.05) is 6.61 Å². The highest BCUT2D eigenvalue weighted by molar-refractivity contribution is 5.84. The van der Waals surface area contributed by atoms with Crippen molar-refractivity contribution in [2.45, 2.75) is 13.3 Å². The molecular weight excluding hydrogens is 238 g/mol. The molecule has 3 heteroatoms. The van der Waals surface area contributed by atoms with E-state index in [0.717, 1.165) is 17.3 Å². The van der Waals surface area contributed by atoms with Gasteiger partial charge in [-0.15, -0.1) is 0 Å². The molecule has 0 aromatic heterocycles. The first-order valence-electron chi connectivity index (χ1n) is 6.44. The highest BCUT2D eigenvalue weighted by Gasteiger charge is 2.23. The van der Waals surface area contributed by atoms with Gasteiger partial charge in [-0.25, -0.2) is 4.79 Å². The second kappa shape index (κ2) is 4.76. The number of amides is 1. The molecule has 1 amide bonds. The van der Waals surface area contributed by atoms with E-state index in [1.165, 1.54) is 10.8 Å². The first-order chi connectivity index (χ1) is 9.31. The smallest absolute Gasteiger partial charge is 0.418 e. The molecule has 1 aliphatic carbocycles. The number of ether oxygens (including phenoxy) is 1. The number of hydrogen-bond donors (Lipinski definition) is 0. The van der Waals surface area contributed by atoms with Crippen molar-refractivity contribution in [3.63, 3.8) is 0 Å². The van der Waals surface area contributed by atoms with Crippen LogP contribution in [0.5, 0.6) is 0 Å². The van der Waals surface area contributed by atoms with E-state index in [9.17, 15) is 4.79 Å². The molecule has 96 valence electrons. The van der Waals surface area contributed by atoms with Crippen molar-refractivity contribution >= 4 is 17.9 Å². The van der Waals surface area contributed by atoms with E-state index >= 15 is 0 Å². The fourth-order valence-corrected chi connectivity index (χ4v) is 2.46. The summed E-state index contributed by atoms with van der Waals surface area (Å²) in [6.07, 6.45) is 8.41. The number of hydrogen-bond acceptors (Lipinski definition) is 2. The molecule has 1 aliphatic heterocycles. The standard InChI is InChI=1S/C16H15NO2/c1-2-19-16(18)17-11-12-7-3-4-8-13(12)14-9-5-6-10-15(14)17/h3-8,10-11H,2,9H2,1H3. The van der Waals surface area contributed by atoms with Crippen LogP contribution in [0.2, 0.25) is 0 Å². The zero-order valence-corrected chi connectivity index (χ0v) is 10.8. The Hall–Kier alpha value is -2.29. The van der Waals surface area contributed by atoms with Crippen LogP contribution in [-0.2, 0) is 4.74 Å². The molecule has 1 heterocycles. The van der Waals surface area contributed by atoms with Crippen LogP contribution in [0.1, 0.15) is 13.3 Å². The highest BCUT2D eigenvalue weighted by Crippen LogP contribution is 2.25. The molecule has 0 saturated heterocycles. The van der Waals surface area contributed by atoms with E-state index < -0.39 is 0 Å². The third-order valence-electron chi connectivity index (χ3n) is 3.30. The normalized spacial score (nSPS) is 16.2. The average molecular weight is 253 g/mol. The number of rotatable bonds is 1. The summed E-state index contributed by atoms with van der Waals surface area (Å²) in [5.41, 5.74) is 2.09. The first kappa shape index (κ1) is 11.8. The van der Waals surface area contributed by atoms with Gasteiger partial charge in [-0.3, -0.25) is 4.90 Å². The van der Waals surface area contributed by atoms with Crippen LogP contribution in [0.3, 0.4) is 0 Å². The van der Waals surface area contributed by atoms with Crippen LogP contribution in [-0.4, -0.2) is 17.6 Å². The topological polar surface area (TPSA) is 29.5 Å². The van der Waals surface area contributed by atoms with Crippen LogP contribution >= 0.6 is 0 Å². The molecule has 0 N–H and O–H groups in total. The van der Waals surface area contributed by atoms with Gasteiger partial charge in [-0.05, 0) is 35.4 Å². The summed E-state index contributed by atoms with van der Waals surface area (Å²) in [6.45, 7) is 2.19. The Balaban J connectivity index is 2.20. The summed E-state index contributed by atoms with van der Waals surface area (Å²) in [5, 5.41) is 2.25. The Morgan fingerprint density at radius 3 is 3.05 bits per heavy atom. The first-order valence-corrected chi connectivity index (χ1v) is 6.44. The molecule has 0 fully saturated rings. The van der Waals surface area contributed by atoms with E-state index in [0.29, 0.717) is 6.61 Å². The molecule has 0 radical (unpaired) electrons. The molecule has 1 aromatic carbocycles. The fourth-order valence-electron chi connectivity index (χ4n) is 2.46. The molecule has 1 aromatic rings. The Bertz CT molecular complexity index is 698. The van der Waals surface area contributed by atoms with Gasteiger partial charge in [-0.1, -0.05) is 36.4 Å². The second-order valence-electron chi connectivity index (χ2n) is 4.45. The van der Waals surface area contributed by atoms with Gasteiger partial charge >= 0.3 is 6.09 Å². The minimum Gasteiger partial charge on any atom is -0.449 e. The predicted molar refractivity (Wildman–Crippen MR) is 74.3 cm³/mol. The maximum absolute atomic E-state index is 12.1. The summed E-state index contributed by atoms with van der Waals surface area (Å²) in [5.74, 6) is 0. The van der Waals surface area contributed by atoms with Crippen molar-refractivity contribution < 1.29 is 9.53 Å². The number of allylic oxidation sites excluding steroid dienone is 4. The zero-order valence-electron chi connectivity index (χ0n) is 10.8. The van der Waals surface area contributed by atoms with E-state index in [2.05, 4.69) is 12.1 Å². The summed E-state index contributed by atoms with van der Waals surface area (Å²) >= 11 is 0. The Labute approximate surface area is 111 Å². The van der Waals surface area contributed by atoms with Gasteiger partial charge in [0.05, 0.1) is 12.3 Å². The van der Waals surface area contributed by atoms with Crippen molar-refractivity contribution in [2.24, 2.45) is 0 Å². The van der Waals surface area contributed by atoms with Gasteiger partial charge in [-0.2, -0.15) is 0 Å². The number of fused-ring (bicyclic) bond motifs is 2. The Morgan fingerprint density at radius 2 is 2.21 bits per heavy atom. The molecule has 19 heavy (non-hydrogen) atoms. The van der Waals surface area contributed by atoms with E-state index in [-0.39, 0.29) is 6.09 Å². The molecule has 0 saturated carbocycles. The average Bonchev–Trinajstić information content (AvgIpc) is 2.46. The number of carbonyl (C=O) groups excluding carboxylic acids is 1. The van der Waals surface area contributed by atoms with Crippen molar-refractivity contribution in [3.8, 4) is 0 Å². The largest absolute Gasteiger partial charge is 0.449 e. The van der Waals surface area contributed by atoms with E-state index in [4.69, 9.17) is 4.74 Å². The van der Waals surface area contributed by atoms with Gasteiger partial charge in [0.1, 0.15) is 0 Å². The SMILES string of the molecule is CCOC(=O)N1C=c2ccccc2=C2CC=CC=C21. The summed E-state index contributed by atoms with van der Waals surface area (Å²) in [7, 11) is 0. The van der Waals surface area contributed by atoms with Crippen LogP contribution in [0.4, 0.5) is 4.79 Å². The molecule has 3 rings (SSSR count). The lowest BCUT2D eigenvalue weighted by Gasteiger charge is -2.27. The molecular formula is C16H15NO2. The second-order valence-corrected chi connectivity index (χ2v) is 4.45. The third-order valence-corrected chi connectivity index (χ3v) is 3.30. The van der Waals surface area contributed by atoms with Crippen LogP contribution in [0, 0.1) is 0 Å². The minimum atomic E-state index is -0.323. The summed E-state index contributed by atoms with van der Waals surface area (Å²) in [6, 6.07) is 8.11. The van der Waals surface area contributed by atoms with Gasteiger partial charge in [0.2, 0.25) is 0 Å².